The molecule has 1 unspecified atom stereocenters. The zero-order chi connectivity index (χ0) is 13.6. The SMILES string of the molecule is Cl.c1ccc(CC2CCCN(CC3CCNCC3)C2)cc1. The van der Waals surface area contributed by atoms with Gasteiger partial charge in [0, 0.05) is 13.1 Å². The van der Waals surface area contributed by atoms with Crippen LogP contribution in [0.2, 0.25) is 0 Å². The van der Waals surface area contributed by atoms with E-state index in [1.807, 2.05) is 0 Å². The van der Waals surface area contributed by atoms with Gasteiger partial charge >= 0.3 is 0 Å². The Morgan fingerprint density at radius 2 is 1.76 bits per heavy atom. The second-order valence-corrected chi connectivity index (χ2v) is 6.65. The molecule has 1 aromatic rings. The van der Waals surface area contributed by atoms with Gasteiger partial charge in [0.2, 0.25) is 0 Å². The standard InChI is InChI=1S/C18H28N2.ClH/c1-2-5-16(6-3-1)13-18-7-4-12-20(15-18)14-17-8-10-19-11-9-17;/h1-3,5-6,17-19H,4,7-15H2;1H. The van der Waals surface area contributed by atoms with Crippen molar-refractivity contribution in [2.24, 2.45) is 11.8 Å². The molecule has 0 aliphatic carbocycles. The van der Waals surface area contributed by atoms with Crippen LogP contribution in [0.25, 0.3) is 0 Å². The van der Waals surface area contributed by atoms with Gasteiger partial charge in [-0.25, -0.2) is 0 Å². The van der Waals surface area contributed by atoms with Crippen molar-refractivity contribution in [1.29, 1.82) is 0 Å². The minimum absolute atomic E-state index is 0. The van der Waals surface area contributed by atoms with Crippen molar-refractivity contribution in [3.8, 4) is 0 Å². The lowest BCUT2D eigenvalue weighted by Crippen LogP contribution is -2.41. The Morgan fingerprint density at radius 3 is 2.52 bits per heavy atom. The number of benzene rings is 1. The van der Waals surface area contributed by atoms with Gasteiger partial charge in [0.1, 0.15) is 0 Å². The summed E-state index contributed by atoms with van der Waals surface area (Å²) in [5.74, 6) is 1.81. The van der Waals surface area contributed by atoms with Crippen LogP contribution in [0, 0.1) is 11.8 Å². The van der Waals surface area contributed by atoms with E-state index in [0.717, 1.165) is 11.8 Å². The molecular formula is C18H29ClN2. The van der Waals surface area contributed by atoms with Gasteiger partial charge in [-0.15, -0.1) is 12.4 Å². The fraction of sp³-hybridized carbons (Fsp3) is 0.667. The number of hydrogen-bond acceptors (Lipinski definition) is 2. The molecule has 3 rings (SSSR count). The van der Waals surface area contributed by atoms with E-state index in [4.69, 9.17) is 0 Å². The molecule has 2 aliphatic heterocycles. The molecule has 0 radical (unpaired) electrons. The fourth-order valence-electron chi connectivity index (χ4n) is 3.86. The zero-order valence-electron chi connectivity index (χ0n) is 13.0. The summed E-state index contributed by atoms with van der Waals surface area (Å²) in [5.41, 5.74) is 1.52. The lowest BCUT2D eigenvalue weighted by molar-refractivity contribution is 0.140. The highest BCUT2D eigenvalue weighted by Crippen LogP contribution is 2.23. The summed E-state index contributed by atoms with van der Waals surface area (Å²) in [5, 5.41) is 3.47. The third kappa shape index (κ3) is 5.28. The predicted octanol–water partition coefficient (Wildman–Crippen LogP) is 3.36. The summed E-state index contributed by atoms with van der Waals surface area (Å²) in [6, 6.07) is 11.0. The minimum atomic E-state index is 0. The van der Waals surface area contributed by atoms with Gasteiger partial charge < -0.3 is 10.2 Å². The molecule has 2 saturated heterocycles. The minimum Gasteiger partial charge on any atom is -0.317 e. The van der Waals surface area contributed by atoms with E-state index in [2.05, 4.69) is 40.5 Å². The summed E-state index contributed by atoms with van der Waals surface area (Å²) < 4.78 is 0. The fourth-order valence-corrected chi connectivity index (χ4v) is 3.86. The van der Waals surface area contributed by atoms with E-state index in [-0.39, 0.29) is 12.4 Å². The monoisotopic (exact) mass is 308 g/mol. The second-order valence-electron chi connectivity index (χ2n) is 6.65. The maximum absolute atomic E-state index is 3.47. The number of likely N-dealkylation sites (tertiary alicyclic amines) is 1. The Morgan fingerprint density at radius 1 is 1.00 bits per heavy atom. The van der Waals surface area contributed by atoms with Crippen molar-refractivity contribution in [2.75, 3.05) is 32.7 Å². The summed E-state index contributed by atoms with van der Waals surface area (Å²) >= 11 is 0. The topological polar surface area (TPSA) is 15.3 Å². The van der Waals surface area contributed by atoms with E-state index >= 15 is 0 Å². The first-order valence-electron chi connectivity index (χ1n) is 8.37. The molecule has 2 heterocycles. The van der Waals surface area contributed by atoms with Crippen molar-refractivity contribution in [2.45, 2.75) is 32.1 Å². The third-order valence-corrected chi connectivity index (χ3v) is 4.95. The summed E-state index contributed by atoms with van der Waals surface area (Å²) in [4.78, 5) is 2.74. The van der Waals surface area contributed by atoms with Gasteiger partial charge in [-0.2, -0.15) is 0 Å². The van der Waals surface area contributed by atoms with Crippen molar-refractivity contribution >= 4 is 12.4 Å². The molecule has 0 amide bonds. The molecule has 0 spiro atoms. The molecule has 21 heavy (non-hydrogen) atoms. The Labute approximate surface area is 135 Å². The largest absolute Gasteiger partial charge is 0.317 e. The summed E-state index contributed by atoms with van der Waals surface area (Å²) in [6.45, 7) is 6.44. The Hall–Kier alpha value is -0.570. The van der Waals surface area contributed by atoms with Crippen LogP contribution in [0.3, 0.4) is 0 Å². The molecule has 0 bridgehead atoms. The number of nitrogens with zero attached hydrogens (tertiary/aromatic N) is 1. The summed E-state index contributed by atoms with van der Waals surface area (Å²) in [6.07, 6.45) is 6.82. The van der Waals surface area contributed by atoms with Gasteiger partial charge in [0.15, 0.2) is 0 Å². The molecule has 1 atom stereocenters. The first kappa shape index (κ1) is 16.8. The number of halogens is 1. The van der Waals surface area contributed by atoms with Gasteiger partial charge in [0.25, 0.3) is 0 Å². The van der Waals surface area contributed by atoms with E-state index < -0.39 is 0 Å². The number of piperidine rings is 2. The van der Waals surface area contributed by atoms with Crippen LogP contribution in [0.1, 0.15) is 31.2 Å². The van der Waals surface area contributed by atoms with Crippen molar-refractivity contribution < 1.29 is 0 Å². The van der Waals surface area contributed by atoms with E-state index in [9.17, 15) is 0 Å². The number of rotatable bonds is 4. The predicted molar refractivity (Wildman–Crippen MR) is 92.2 cm³/mol. The maximum Gasteiger partial charge on any atom is 0.00130 e. The molecule has 1 aromatic carbocycles. The molecule has 3 heteroatoms. The molecule has 2 aliphatic rings. The van der Waals surface area contributed by atoms with E-state index in [0.29, 0.717) is 0 Å². The molecule has 2 fully saturated rings. The molecule has 1 N–H and O–H groups in total. The van der Waals surface area contributed by atoms with Gasteiger partial charge in [-0.1, -0.05) is 30.3 Å². The molecule has 2 nitrogen and oxygen atoms in total. The van der Waals surface area contributed by atoms with Crippen LogP contribution in [0.15, 0.2) is 30.3 Å². The first-order valence-corrected chi connectivity index (χ1v) is 8.37. The second kappa shape index (κ2) is 8.77. The van der Waals surface area contributed by atoms with E-state index in [1.54, 1.807) is 0 Å². The molecule has 0 saturated carbocycles. The Balaban J connectivity index is 0.00000161. The number of hydrogen-bond donors (Lipinski definition) is 1. The highest BCUT2D eigenvalue weighted by atomic mass is 35.5. The lowest BCUT2D eigenvalue weighted by Gasteiger charge is -2.36. The van der Waals surface area contributed by atoms with Crippen LogP contribution in [-0.4, -0.2) is 37.6 Å². The molecule has 118 valence electrons. The van der Waals surface area contributed by atoms with E-state index in [1.165, 1.54) is 70.4 Å². The van der Waals surface area contributed by atoms with Crippen LogP contribution >= 0.6 is 12.4 Å². The smallest absolute Gasteiger partial charge is 0.00130 e. The van der Waals surface area contributed by atoms with Gasteiger partial charge in [-0.05, 0) is 69.1 Å². The zero-order valence-corrected chi connectivity index (χ0v) is 13.8. The van der Waals surface area contributed by atoms with Crippen molar-refractivity contribution in [1.82, 2.24) is 10.2 Å². The van der Waals surface area contributed by atoms with Gasteiger partial charge in [-0.3, -0.25) is 0 Å². The normalized spacial score (nSPS) is 24.5. The average molecular weight is 309 g/mol. The highest BCUT2D eigenvalue weighted by molar-refractivity contribution is 5.85. The highest BCUT2D eigenvalue weighted by Gasteiger charge is 2.23. The average Bonchev–Trinajstić information content (AvgIpc) is 2.50. The maximum atomic E-state index is 3.47. The van der Waals surface area contributed by atoms with Crippen molar-refractivity contribution in [3.63, 3.8) is 0 Å². The first-order chi connectivity index (χ1) is 9.90. The van der Waals surface area contributed by atoms with Crippen LogP contribution in [-0.2, 0) is 6.42 Å². The third-order valence-electron chi connectivity index (χ3n) is 4.95. The lowest BCUT2D eigenvalue weighted by atomic mass is 9.90. The molecular weight excluding hydrogens is 280 g/mol. The molecule has 0 aromatic heterocycles. The Kier molecular flexibility index (Phi) is 7.01. The van der Waals surface area contributed by atoms with Crippen LogP contribution in [0.4, 0.5) is 0 Å². The Bertz CT molecular complexity index is 389. The quantitative estimate of drug-likeness (QED) is 0.917. The van der Waals surface area contributed by atoms with Crippen molar-refractivity contribution in [3.05, 3.63) is 35.9 Å². The summed E-state index contributed by atoms with van der Waals surface area (Å²) in [7, 11) is 0. The van der Waals surface area contributed by atoms with Crippen LogP contribution in [0.5, 0.6) is 0 Å². The number of nitrogens with one attached hydrogen (secondary N) is 1. The van der Waals surface area contributed by atoms with Gasteiger partial charge in [0.05, 0.1) is 0 Å². The van der Waals surface area contributed by atoms with Crippen LogP contribution < -0.4 is 5.32 Å².